The average molecular weight is 261 g/mol. The minimum absolute atomic E-state index is 0.0574. The SMILES string of the molecule is C[C@](O)(CNC(=O)/C=C/c1ccco1)c1ccco1. The number of rotatable bonds is 5. The Morgan fingerprint density at radius 1 is 1.37 bits per heavy atom. The Kier molecular flexibility index (Phi) is 3.87. The van der Waals surface area contributed by atoms with Gasteiger partial charge in [0.05, 0.1) is 19.1 Å². The summed E-state index contributed by atoms with van der Waals surface area (Å²) in [5.41, 5.74) is -1.24. The highest BCUT2D eigenvalue weighted by molar-refractivity contribution is 5.91. The standard InChI is InChI=1S/C14H15NO4/c1-14(17,12-5-3-9-19-12)10-15-13(16)7-6-11-4-2-8-18-11/h2-9,17H,10H2,1H3,(H,15,16)/b7-6+/t14-/m0/s1. The van der Waals surface area contributed by atoms with Gasteiger partial charge >= 0.3 is 0 Å². The molecular weight excluding hydrogens is 246 g/mol. The first-order valence-corrected chi connectivity index (χ1v) is 5.84. The highest BCUT2D eigenvalue weighted by atomic mass is 16.4. The van der Waals surface area contributed by atoms with E-state index < -0.39 is 5.60 Å². The lowest BCUT2D eigenvalue weighted by Gasteiger charge is -2.20. The van der Waals surface area contributed by atoms with Crippen molar-refractivity contribution in [1.29, 1.82) is 0 Å². The van der Waals surface area contributed by atoms with E-state index in [9.17, 15) is 9.90 Å². The maximum absolute atomic E-state index is 11.6. The topological polar surface area (TPSA) is 75.6 Å². The molecule has 2 rings (SSSR count). The van der Waals surface area contributed by atoms with Crippen molar-refractivity contribution in [2.24, 2.45) is 0 Å². The minimum atomic E-state index is -1.24. The van der Waals surface area contributed by atoms with Crippen LogP contribution in [0.1, 0.15) is 18.4 Å². The van der Waals surface area contributed by atoms with Crippen LogP contribution in [-0.2, 0) is 10.4 Å². The van der Waals surface area contributed by atoms with Crippen molar-refractivity contribution >= 4 is 12.0 Å². The fourth-order valence-electron chi connectivity index (χ4n) is 1.53. The molecule has 1 amide bonds. The summed E-state index contributed by atoms with van der Waals surface area (Å²) >= 11 is 0. The number of nitrogens with one attached hydrogen (secondary N) is 1. The number of amides is 1. The van der Waals surface area contributed by atoms with Crippen LogP contribution in [0.25, 0.3) is 6.08 Å². The largest absolute Gasteiger partial charge is 0.466 e. The van der Waals surface area contributed by atoms with Gasteiger partial charge in [-0.3, -0.25) is 4.79 Å². The summed E-state index contributed by atoms with van der Waals surface area (Å²) in [6, 6.07) is 6.81. The highest BCUT2D eigenvalue weighted by Crippen LogP contribution is 2.19. The van der Waals surface area contributed by atoms with Gasteiger partial charge in [0, 0.05) is 6.08 Å². The number of carbonyl (C=O) groups is 1. The first kappa shape index (κ1) is 13.2. The Morgan fingerprint density at radius 2 is 2.11 bits per heavy atom. The maximum Gasteiger partial charge on any atom is 0.244 e. The zero-order chi connectivity index (χ0) is 13.7. The molecule has 0 aliphatic heterocycles. The quantitative estimate of drug-likeness (QED) is 0.806. The number of carbonyl (C=O) groups excluding carboxylic acids is 1. The lowest BCUT2D eigenvalue weighted by atomic mass is 10.0. The van der Waals surface area contributed by atoms with Crippen LogP contribution in [0.15, 0.2) is 51.7 Å². The molecule has 100 valence electrons. The average Bonchev–Trinajstić information content (AvgIpc) is 3.06. The molecule has 0 unspecified atom stereocenters. The Labute approximate surface area is 110 Å². The lowest BCUT2D eigenvalue weighted by molar-refractivity contribution is -0.117. The molecule has 2 aromatic rings. The molecule has 0 saturated heterocycles. The van der Waals surface area contributed by atoms with E-state index in [1.54, 1.807) is 37.3 Å². The normalized spacial score (nSPS) is 14.4. The van der Waals surface area contributed by atoms with Gasteiger partial charge in [-0.2, -0.15) is 0 Å². The van der Waals surface area contributed by atoms with Crippen LogP contribution in [0.5, 0.6) is 0 Å². The molecule has 2 heterocycles. The monoisotopic (exact) mass is 261 g/mol. The Bertz CT molecular complexity index is 538. The zero-order valence-corrected chi connectivity index (χ0v) is 10.5. The van der Waals surface area contributed by atoms with Gasteiger partial charge in [-0.05, 0) is 37.3 Å². The number of hydrogen-bond donors (Lipinski definition) is 2. The van der Waals surface area contributed by atoms with Gasteiger partial charge in [-0.1, -0.05) is 0 Å². The van der Waals surface area contributed by atoms with Crippen LogP contribution in [-0.4, -0.2) is 17.6 Å². The van der Waals surface area contributed by atoms with Crippen molar-refractivity contribution in [3.05, 3.63) is 54.4 Å². The van der Waals surface area contributed by atoms with E-state index in [-0.39, 0.29) is 12.5 Å². The van der Waals surface area contributed by atoms with Crippen molar-refractivity contribution in [3.63, 3.8) is 0 Å². The van der Waals surface area contributed by atoms with Crippen molar-refractivity contribution in [2.45, 2.75) is 12.5 Å². The van der Waals surface area contributed by atoms with Gasteiger partial charge in [-0.15, -0.1) is 0 Å². The molecule has 0 bridgehead atoms. The van der Waals surface area contributed by atoms with Crippen LogP contribution in [0.2, 0.25) is 0 Å². The molecule has 0 spiro atoms. The van der Waals surface area contributed by atoms with Gasteiger partial charge in [0.25, 0.3) is 0 Å². The van der Waals surface area contributed by atoms with Gasteiger partial charge in [0.2, 0.25) is 5.91 Å². The molecule has 0 aromatic carbocycles. The second-order valence-corrected chi connectivity index (χ2v) is 4.32. The van der Waals surface area contributed by atoms with Crippen molar-refractivity contribution in [3.8, 4) is 0 Å². The molecule has 0 radical (unpaired) electrons. The van der Waals surface area contributed by atoms with Crippen LogP contribution >= 0.6 is 0 Å². The Hall–Kier alpha value is -2.27. The van der Waals surface area contributed by atoms with E-state index in [4.69, 9.17) is 8.83 Å². The molecule has 2 aromatic heterocycles. The van der Waals surface area contributed by atoms with Crippen LogP contribution in [0.4, 0.5) is 0 Å². The van der Waals surface area contributed by atoms with E-state index in [0.29, 0.717) is 11.5 Å². The predicted molar refractivity (Wildman–Crippen MR) is 69.0 cm³/mol. The van der Waals surface area contributed by atoms with Crippen LogP contribution in [0, 0.1) is 0 Å². The van der Waals surface area contributed by atoms with Crippen molar-refractivity contribution in [2.75, 3.05) is 6.54 Å². The molecular formula is C14H15NO4. The lowest BCUT2D eigenvalue weighted by Crippen LogP contribution is -2.37. The third-order valence-corrected chi connectivity index (χ3v) is 2.60. The van der Waals surface area contributed by atoms with E-state index in [0.717, 1.165) is 0 Å². The summed E-state index contributed by atoms with van der Waals surface area (Å²) in [6.07, 6.45) is 5.90. The number of furan rings is 2. The van der Waals surface area contributed by atoms with E-state index in [2.05, 4.69) is 5.32 Å². The first-order valence-electron chi connectivity index (χ1n) is 5.84. The van der Waals surface area contributed by atoms with E-state index >= 15 is 0 Å². The predicted octanol–water partition coefficient (Wildman–Crippen LogP) is 1.91. The fraction of sp³-hybridized carbons (Fsp3) is 0.214. The molecule has 5 nitrogen and oxygen atoms in total. The van der Waals surface area contributed by atoms with E-state index in [1.807, 2.05) is 0 Å². The Balaban J connectivity index is 1.87. The second kappa shape index (κ2) is 5.58. The zero-order valence-electron chi connectivity index (χ0n) is 10.5. The third-order valence-electron chi connectivity index (χ3n) is 2.60. The van der Waals surface area contributed by atoms with Crippen LogP contribution < -0.4 is 5.32 Å². The summed E-state index contributed by atoms with van der Waals surface area (Å²) in [5.74, 6) is 0.680. The van der Waals surface area contributed by atoms with Crippen LogP contribution in [0.3, 0.4) is 0 Å². The summed E-state index contributed by atoms with van der Waals surface area (Å²) in [4.78, 5) is 11.6. The third kappa shape index (κ3) is 3.59. The van der Waals surface area contributed by atoms with Gasteiger partial charge in [0.1, 0.15) is 17.1 Å². The Morgan fingerprint density at radius 3 is 2.74 bits per heavy atom. The second-order valence-electron chi connectivity index (χ2n) is 4.32. The highest BCUT2D eigenvalue weighted by Gasteiger charge is 2.26. The first-order chi connectivity index (χ1) is 9.08. The molecule has 1 atom stereocenters. The molecule has 0 aliphatic carbocycles. The molecule has 0 fully saturated rings. The van der Waals surface area contributed by atoms with Gasteiger partial charge in [0.15, 0.2) is 0 Å². The van der Waals surface area contributed by atoms with Gasteiger partial charge in [-0.25, -0.2) is 0 Å². The maximum atomic E-state index is 11.6. The molecule has 2 N–H and O–H groups in total. The fourth-order valence-corrected chi connectivity index (χ4v) is 1.53. The summed E-state index contributed by atoms with van der Waals surface area (Å²) < 4.78 is 10.2. The molecule has 0 saturated carbocycles. The van der Waals surface area contributed by atoms with Gasteiger partial charge < -0.3 is 19.3 Å². The minimum Gasteiger partial charge on any atom is -0.466 e. The summed E-state index contributed by atoms with van der Waals surface area (Å²) in [5, 5.41) is 12.7. The number of aliphatic hydroxyl groups is 1. The molecule has 5 heteroatoms. The molecule has 0 aliphatic rings. The smallest absolute Gasteiger partial charge is 0.244 e. The number of hydrogen-bond acceptors (Lipinski definition) is 4. The summed E-state index contributed by atoms with van der Waals surface area (Å²) in [6.45, 7) is 1.63. The van der Waals surface area contributed by atoms with Crippen molar-refractivity contribution in [1.82, 2.24) is 5.32 Å². The van der Waals surface area contributed by atoms with Crippen molar-refractivity contribution < 1.29 is 18.7 Å². The molecule has 19 heavy (non-hydrogen) atoms. The van der Waals surface area contributed by atoms with E-state index in [1.165, 1.54) is 18.6 Å². The summed E-state index contributed by atoms with van der Waals surface area (Å²) in [7, 11) is 0.